The van der Waals surface area contributed by atoms with Crippen molar-refractivity contribution in [2.75, 3.05) is 11.1 Å². The maximum Gasteiger partial charge on any atom is 0.234 e. The fourth-order valence-corrected chi connectivity index (χ4v) is 5.19. The summed E-state index contributed by atoms with van der Waals surface area (Å²) < 4.78 is 0. The molecule has 0 unspecified atom stereocenters. The van der Waals surface area contributed by atoms with E-state index < -0.39 is 0 Å². The first-order valence-electron chi connectivity index (χ1n) is 9.85. The molecule has 0 radical (unpaired) electrons. The Morgan fingerprint density at radius 2 is 1.90 bits per heavy atom. The van der Waals surface area contributed by atoms with Crippen LogP contribution >= 0.6 is 23.1 Å². The molecule has 2 aromatic carbocycles. The molecule has 0 aliphatic carbocycles. The predicted octanol–water partition coefficient (Wildman–Crippen LogP) is 6.52. The quantitative estimate of drug-likeness (QED) is 0.278. The van der Waals surface area contributed by atoms with Gasteiger partial charge in [0.05, 0.1) is 5.75 Å². The molecule has 1 N–H and O–H groups in total. The SMILES string of the molecule is Cc1cccc(C(C)C)c1NC(=O)CSc1ncnc2sc(-c3ccccc3)cc12. The molecule has 0 saturated heterocycles. The third-order valence-electron chi connectivity index (χ3n) is 4.88. The Hall–Kier alpha value is -2.70. The van der Waals surface area contributed by atoms with Crippen LogP contribution in [0.25, 0.3) is 20.7 Å². The highest BCUT2D eigenvalue weighted by Crippen LogP contribution is 2.36. The first-order valence-corrected chi connectivity index (χ1v) is 11.6. The number of rotatable bonds is 6. The molecule has 1 amide bonds. The summed E-state index contributed by atoms with van der Waals surface area (Å²) in [7, 11) is 0. The topological polar surface area (TPSA) is 54.9 Å². The molecular weight excluding hydrogens is 410 g/mol. The number of carbonyl (C=O) groups excluding carboxylic acids is 1. The van der Waals surface area contributed by atoms with Crippen molar-refractivity contribution in [1.82, 2.24) is 9.97 Å². The zero-order valence-corrected chi connectivity index (χ0v) is 18.8. The van der Waals surface area contributed by atoms with E-state index in [0.29, 0.717) is 11.7 Å². The van der Waals surface area contributed by atoms with Gasteiger partial charge in [-0.2, -0.15) is 0 Å². The Labute approximate surface area is 184 Å². The highest BCUT2D eigenvalue weighted by Gasteiger charge is 2.15. The molecule has 152 valence electrons. The Morgan fingerprint density at radius 3 is 2.67 bits per heavy atom. The number of anilines is 1. The van der Waals surface area contributed by atoms with Crippen molar-refractivity contribution in [3.05, 3.63) is 72.1 Å². The van der Waals surface area contributed by atoms with E-state index in [0.717, 1.165) is 42.5 Å². The lowest BCUT2D eigenvalue weighted by Gasteiger charge is -2.16. The molecule has 0 aliphatic rings. The van der Waals surface area contributed by atoms with Gasteiger partial charge in [0.2, 0.25) is 5.91 Å². The van der Waals surface area contributed by atoms with Crippen LogP contribution in [0, 0.1) is 6.92 Å². The van der Waals surface area contributed by atoms with Gasteiger partial charge in [0.15, 0.2) is 0 Å². The summed E-state index contributed by atoms with van der Waals surface area (Å²) in [4.78, 5) is 23.6. The second-order valence-electron chi connectivity index (χ2n) is 7.41. The highest BCUT2D eigenvalue weighted by molar-refractivity contribution is 8.00. The normalized spacial score (nSPS) is 11.2. The molecule has 0 fully saturated rings. The first kappa shape index (κ1) is 20.6. The second kappa shape index (κ2) is 8.98. The summed E-state index contributed by atoms with van der Waals surface area (Å²) >= 11 is 3.09. The van der Waals surface area contributed by atoms with Crippen molar-refractivity contribution < 1.29 is 4.79 Å². The van der Waals surface area contributed by atoms with Crippen LogP contribution in [0.3, 0.4) is 0 Å². The summed E-state index contributed by atoms with van der Waals surface area (Å²) in [6.45, 7) is 6.30. The Morgan fingerprint density at radius 1 is 1.10 bits per heavy atom. The smallest absolute Gasteiger partial charge is 0.234 e. The number of aryl methyl sites for hydroxylation is 1. The summed E-state index contributed by atoms with van der Waals surface area (Å²) in [5.41, 5.74) is 4.32. The van der Waals surface area contributed by atoms with Crippen LogP contribution in [-0.2, 0) is 4.79 Å². The van der Waals surface area contributed by atoms with Crippen LogP contribution in [0.15, 0.2) is 66.0 Å². The number of fused-ring (bicyclic) bond motifs is 1. The zero-order chi connectivity index (χ0) is 21.1. The number of aromatic nitrogens is 2. The molecular formula is C24H23N3OS2. The lowest BCUT2D eigenvalue weighted by Crippen LogP contribution is -2.16. The lowest BCUT2D eigenvalue weighted by atomic mass is 9.98. The molecule has 4 rings (SSSR count). The molecule has 2 aromatic heterocycles. The van der Waals surface area contributed by atoms with Gasteiger partial charge in [-0.15, -0.1) is 11.3 Å². The number of amides is 1. The highest BCUT2D eigenvalue weighted by atomic mass is 32.2. The van der Waals surface area contributed by atoms with Gasteiger partial charge in [0, 0.05) is 16.0 Å². The molecule has 0 spiro atoms. The Kier molecular flexibility index (Phi) is 6.16. The van der Waals surface area contributed by atoms with Crippen molar-refractivity contribution in [2.45, 2.75) is 31.7 Å². The van der Waals surface area contributed by atoms with Crippen molar-refractivity contribution in [2.24, 2.45) is 0 Å². The van der Waals surface area contributed by atoms with Gasteiger partial charge < -0.3 is 5.32 Å². The fraction of sp³-hybridized carbons (Fsp3) is 0.208. The minimum absolute atomic E-state index is 0.0264. The van der Waals surface area contributed by atoms with E-state index in [-0.39, 0.29) is 5.91 Å². The number of nitrogens with zero attached hydrogens (tertiary/aromatic N) is 2. The molecule has 6 heteroatoms. The van der Waals surface area contributed by atoms with Crippen LogP contribution < -0.4 is 5.32 Å². The molecule has 4 nitrogen and oxygen atoms in total. The maximum atomic E-state index is 12.7. The van der Waals surface area contributed by atoms with E-state index in [1.54, 1.807) is 17.7 Å². The van der Waals surface area contributed by atoms with Crippen molar-refractivity contribution >= 4 is 44.9 Å². The molecule has 0 saturated carbocycles. The van der Waals surface area contributed by atoms with Crippen LogP contribution in [0.4, 0.5) is 5.69 Å². The second-order valence-corrected chi connectivity index (χ2v) is 9.40. The molecule has 30 heavy (non-hydrogen) atoms. The molecule has 0 bridgehead atoms. The average Bonchev–Trinajstić information content (AvgIpc) is 3.19. The molecule has 0 aliphatic heterocycles. The first-order chi connectivity index (χ1) is 14.5. The van der Waals surface area contributed by atoms with Gasteiger partial charge in [-0.3, -0.25) is 4.79 Å². The number of hydrogen-bond donors (Lipinski definition) is 1. The van der Waals surface area contributed by atoms with Crippen molar-refractivity contribution in [3.8, 4) is 10.4 Å². The predicted molar refractivity (Wildman–Crippen MR) is 127 cm³/mol. The number of thiophene rings is 1. The van der Waals surface area contributed by atoms with Gasteiger partial charge >= 0.3 is 0 Å². The number of carbonyl (C=O) groups is 1. The van der Waals surface area contributed by atoms with E-state index in [2.05, 4.69) is 53.4 Å². The number of hydrogen-bond acceptors (Lipinski definition) is 5. The van der Waals surface area contributed by atoms with Gasteiger partial charge in [0.25, 0.3) is 0 Å². The standard InChI is InChI=1S/C24H23N3OS2/c1-15(2)18-11-7-8-16(3)22(18)27-21(28)13-29-23-19-12-20(17-9-5-4-6-10-17)30-24(19)26-14-25-23/h4-12,14-15H,13H2,1-3H3,(H,27,28). The third kappa shape index (κ3) is 4.40. The molecule has 0 atom stereocenters. The monoisotopic (exact) mass is 433 g/mol. The average molecular weight is 434 g/mol. The third-order valence-corrected chi connectivity index (χ3v) is 6.98. The summed E-state index contributed by atoms with van der Waals surface area (Å²) in [6.07, 6.45) is 1.58. The van der Waals surface area contributed by atoms with E-state index in [4.69, 9.17) is 0 Å². The van der Waals surface area contributed by atoms with Crippen LogP contribution in [-0.4, -0.2) is 21.6 Å². The summed E-state index contributed by atoms with van der Waals surface area (Å²) in [6, 6.07) is 18.5. The minimum Gasteiger partial charge on any atom is -0.325 e. The summed E-state index contributed by atoms with van der Waals surface area (Å²) in [5, 5.41) is 4.94. The summed E-state index contributed by atoms with van der Waals surface area (Å²) in [5.74, 6) is 0.618. The largest absolute Gasteiger partial charge is 0.325 e. The fourth-order valence-electron chi connectivity index (χ4n) is 3.35. The van der Waals surface area contributed by atoms with Crippen LogP contribution in [0.2, 0.25) is 0 Å². The Balaban J connectivity index is 1.52. The van der Waals surface area contributed by atoms with E-state index >= 15 is 0 Å². The van der Waals surface area contributed by atoms with Gasteiger partial charge in [0.1, 0.15) is 16.2 Å². The zero-order valence-electron chi connectivity index (χ0n) is 17.2. The minimum atomic E-state index is -0.0264. The number of thioether (sulfide) groups is 1. The van der Waals surface area contributed by atoms with E-state index in [1.165, 1.54) is 11.8 Å². The maximum absolute atomic E-state index is 12.7. The van der Waals surface area contributed by atoms with E-state index in [1.807, 2.05) is 37.3 Å². The number of para-hydroxylation sites is 1. The van der Waals surface area contributed by atoms with Crippen LogP contribution in [0.1, 0.15) is 30.9 Å². The van der Waals surface area contributed by atoms with Crippen molar-refractivity contribution in [3.63, 3.8) is 0 Å². The lowest BCUT2D eigenvalue weighted by molar-refractivity contribution is -0.113. The van der Waals surface area contributed by atoms with Gasteiger partial charge in [-0.25, -0.2) is 9.97 Å². The van der Waals surface area contributed by atoms with Gasteiger partial charge in [-0.05, 0) is 35.6 Å². The van der Waals surface area contributed by atoms with Crippen molar-refractivity contribution in [1.29, 1.82) is 0 Å². The van der Waals surface area contributed by atoms with Crippen LogP contribution in [0.5, 0.6) is 0 Å². The Bertz CT molecular complexity index is 1190. The molecule has 4 aromatic rings. The molecule has 2 heterocycles. The van der Waals surface area contributed by atoms with E-state index in [9.17, 15) is 4.79 Å². The van der Waals surface area contributed by atoms with Gasteiger partial charge in [-0.1, -0.05) is 74.1 Å². The number of benzene rings is 2. The number of nitrogens with one attached hydrogen (secondary N) is 1.